The van der Waals surface area contributed by atoms with E-state index >= 15 is 0 Å². The van der Waals surface area contributed by atoms with Gasteiger partial charge in [-0.2, -0.15) is 27.1 Å². The molecule has 0 saturated heterocycles. The number of nitrogens with one attached hydrogen (secondary N) is 1. The van der Waals surface area contributed by atoms with Crippen LogP contribution in [0.3, 0.4) is 0 Å². The molecule has 0 spiro atoms. The Balaban J connectivity index is 1.53. The largest absolute Gasteiger partial charge is 0.458 e. The maximum Gasteiger partial charge on any atom is 0.416 e. The molecule has 1 N–H and O–H groups in total. The molecule has 0 bridgehead atoms. The Hall–Kier alpha value is -3.10. The van der Waals surface area contributed by atoms with E-state index in [1.165, 1.54) is 22.9 Å². The fraction of sp³-hybridized carbons (Fsp3) is 0.250. The van der Waals surface area contributed by atoms with E-state index in [0.717, 1.165) is 19.1 Å². The highest BCUT2D eigenvalue weighted by molar-refractivity contribution is 5.36. The van der Waals surface area contributed by atoms with Crippen LogP contribution >= 0.6 is 0 Å². The standard InChI is InChI=1S/C20H18F5N3O/c1-19(21,22)17-8-7-16(29-17)13-28-11-9-18(27-28)26-10-3-5-14-4-2-6-15(12-14)20(23,24)25/h2-4,6-12H,5,13H2,1H3,(H,26,27)/b10-3+. The van der Waals surface area contributed by atoms with Crippen molar-refractivity contribution in [1.29, 1.82) is 0 Å². The number of hydrogen-bond acceptors (Lipinski definition) is 3. The molecule has 0 aliphatic rings. The molecule has 0 saturated carbocycles. The predicted octanol–water partition coefficient (Wildman–Crippen LogP) is 5.82. The third-order valence-corrected chi connectivity index (χ3v) is 4.01. The third-order valence-electron chi connectivity index (χ3n) is 4.01. The first-order valence-electron chi connectivity index (χ1n) is 8.69. The maximum atomic E-state index is 13.2. The van der Waals surface area contributed by atoms with Gasteiger partial charge in [0.1, 0.15) is 5.76 Å². The van der Waals surface area contributed by atoms with E-state index in [0.29, 0.717) is 23.6 Å². The summed E-state index contributed by atoms with van der Waals surface area (Å²) in [4.78, 5) is 0. The van der Waals surface area contributed by atoms with E-state index in [2.05, 4.69) is 10.4 Å². The topological polar surface area (TPSA) is 43.0 Å². The average molecular weight is 411 g/mol. The van der Waals surface area contributed by atoms with Crippen molar-refractivity contribution in [3.63, 3.8) is 0 Å². The van der Waals surface area contributed by atoms with E-state index in [-0.39, 0.29) is 6.54 Å². The predicted molar refractivity (Wildman–Crippen MR) is 97.5 cm³/mol. The maximum absolute atomic E-state index is 13.2. The van der Waals surface area contributed by atoms with E-state index in [1.54, 1.807) is 30.6 Å². The van der Waals surface area contributed by atoms with Gasteiger partial charge in [0.05, 0.1) is 12.1 Å². The number of rotatable bonds is 7. The molecule has 1 aromatic carbocycles. The molecule has 2 heterocycles. The summed E-state index contributed by atoms with van der Waals surface area (Å²) in [5.41, 5.74) is -0.151. The number of aromatic nitrogens is 2. The second-order valence-electron chi connectivity index (χ2n) is 6.50. The lowest BCUT2D eigenvalue weighted by Gasteiger charge is -2.07. The number of allylic oxidation sites excluding steroid dienone is 1. The van der Waals surface area contributed by atoms with Gasteiger partial charge in [0, 0.05) is 19.2 Å². The van der Waals surface area contributed by atoms with Crippen LogP contribution in [0.25, 0.3) is 0 Å². The van der Waals surface area contributed by atoms with Gasteiger partial charge in [-0.05, 0) is 36.4 Å². The summed E-state index contributed by atoms with van der Waals surface area (Å²) >= 11 is 0. The molecule has 0 atom stereocenters. The van der Waals surface area contributed by atoms with Gasteiger partial charge in [0.25, 0.3) is 0 Å². The average Bonchev–Trinajstić information content (AvgIpc) is 3.28. The molecule has 0 aliphatic carbocycles. The third kappa shape index (κ3) is 5.69. The SMILES string of the molecule is CC(F)(F)c1ccc(Cn2ccc(N/C=C/Cc3cccc(C(F)(F)F)c3)n2)o1. The number of halogens is 5. The summed E-state index contributed by atoms with van der Waals surface area (Å²) in [5.74, 6) is -2.61. The molecule has 0 fully saturated rings. The van der Waals surface area contributed by atoms with Crippen molar-refractivity contribution >= 4 is 5.82 Å². The van der Waals surface area contributed by atoms with Gasteiger partial charge in [-0.25, -0.2) is 0 Å². The molecule has 3 aromatic rings. The van der Waals surface area contributed by atoms with Crippen LogP contribution < -0.4 is 5.32 Å². The first-order chi connectivity index (χ1) is 13.6. The van der Waals surface area contributed by atoms with Crippen LogP contribution in [0.4, 0.5) is 27.8 Å². The van der Waals surface area contributed by atoms with Gasteiger partial charge in [-0.1, -0.05) is 24.3 Å². The van der Waals surface area contributed by atoms with Gasteiger partial charge in [0.2, 0.25) is 0 Å². The first-order valence-corrected chi connectivity index (χ1v) is 8.69. The van der Waals surface area contributed by atoms with Crippen molar-refractivity contribution in [2.75, 3.05) is 5.32 Å². The van der Waals surface area contributed by atoms with Crippen molar-refractivity contribution in [3.8, 4) is 0 Å². The van der Waals surface area contributed by atoms with Crippen molar-refractivity contribution in [2.24, 2.45) is 0 Å². The molecular weight excluding hydrogens is 393 g/mol. The molecule has 9 heteroatoms. The van der Waals surface area contributed by atoms with Gasteiger partial charge in [0.15, 0.2) is 11.6 Å². The quantitative estimate of drug-likeness (QED) is 0.498. The van der Waals surface area contributed by atoms with Crippen LogP contribution in [0, 0.1) is 0 Å². The first kappa shape index (κ1) is 20.6. The fourth-order valence-electron chi connectivity index (χ4n) is 2.60. The minimum absolute atomic E-state index is 0.186. The molecule has 4 nitrogen and oxygen atoms in total. The van der Waals surface area contributed by atoms with Gasteiger partial charge < -0.3 is 9.73 Å². The Labute approximate surface area is 163 Å². The summed E-state index contributed by atoms with van der Waals surface area (Å²) in [6.45, 7) is 0.947. The number of anilines is 1. The molecule has 29 heavy (non-hydrogen) atoms. The molecule has 0 aliphatic heterocycles. The molecule has 0 amide bonds. The zero-order chi connectivity index (χ0) is 21.1. The number of furan rings is 1. The van der Waals surface area contributed by atoms with Gasteiger partial charge >= 0.3 is 12.1 Å². The van der Waals surface area contributed by atoms with Crippen LogP contribution in [-0.2, 0) is 25.1 Å². The fourth-order valence-corrected chi connectivity index (χ4v) is 2.60. The second-order valence-corrected chi connectivity index (χ2v) is 6.50. The van der Waals surface area contributed by atoms with Crippen LogP contribution in [0.5, 0.6) is 0 Å². The highest BCUT2D eigenvalue weighted by Gasteiger charge is 2.30. The summed E-state index contributed by atoms with van der Waals surface area (Å²) in [7, 11) is 0. The summed E-state index contributed by atoms with van der Waals surface area (Å²) in [5, 5.41) is 7.14. The molecule has 0 unspecified atom stereocenters. The lowest BCUT2D eigenvalue weighted by atomic mass is 10.1. The van der Waals surface area contributed by atoms with Crippen molar-refractivity contribution in [3.05, 3.63) is 83.6 Å². The monoisotopic (exact) mass is 411 g/mol. The Kier molecular flexibility index (Phi) is 5.76. The summed E-state index contributed by atoms with van der Waals surface area (Å²) in [6, 6.07) is 9.50. The Morgan fingerprint density at radius 3 is 2.59 bits per heavy atom. The Bertz CT molecular complexity index is 982. The molecule has 154 valence electrons. The normalized spacial score (nSPS) is 12.6. The minimum Gasteiger partial charge on any atom is -0.458 e. The number of hydrogen-bond donors (Lipinski definition) is 1. The van der Waals surface area contributed by atoms with Gasteiger partial charge in [-0.15, -0.1) is 0 Å². The summed E-state index contributed by atoms with van der Waals surface area (Å²) in [6.07, 6.45) is 0.853. The molecular formula is C20H18F5N3O. The zero-order valence-electron chi connectivity index (χ0n) is 15.4. The van der Waals surface area contributed by atoms with Crippen LogP contribution in [0.15, 0.2) is 65.4 Å². The zero-order valence-corrected chi connectivity index (χ0v) is 15.4. The number of alkyl halides is 5. The second kappa shape index (κ2) is 8.10. The molecule has 0 radical (unpaired) electrons. The molecule has 3 rings (SSSR count). The van der Waals surface area contributed by atoms with Gasteiger partial charge in [-0.3, -0.25) is 4.68 Å². The lowest BCUT2D eigenvalue weighted by molar-refractivity contribution is -0.137. The smallest absolute Gasteiger partial charge is 0.416 e. The van der Waals surface area contributed by atoms with Crippen LogP contribution in [0.1, 0.15) is 29.6 Å². The minimum atomic E-state index is -4.37. The van der Waals surface area contributed by atoms with Crippen LogP contribution in [0.2, 0.25) is 0 Å². The van der Waals surface area contributed by atoms with E-state index in [9.17, 15) is 22.0 Å². The Morgan fingerprint density at radius 1 is 1.10 bits per heavy atom. The van der Waals surface area contributed by atoms with E-state index in [1.807, 2.05) is 0 Å². The van der Waals surface area contributed by atoms with Crippen molar-refractivity contribution in [1.82, 2.24) is 9.78 Å². The molecule has 2 aromatic heterocycles. The van der Waals surface area contributed by atoms with E-state index < -0.39 is 23.4 Å². The van der Waals surface area contributed by atoms with E-state index in [4.69, 9.17) is 4.42 Å². The van der Waals surface area contributed by atoms with Crippen LogP contribution in [-0.4, -0.2) is 9.78 Å². The number of nitrogens with zero attached hydrogens (tertiary/aromatic N) is 2. The Morgan fingerprint density at radius 2 is 1.90 bits per heavy atom. The van der Waals surface area contributed by atoms with Crippen molar-refractivity contribution in [2.45, 2.75) is 32.0 Å². The highest BCUT2D eigenvalue weighted by Crippen LogP contribution is 2.30. The summed E-state index contributed by atoms with van der Waals surface area (Å²) < 4.78 is 71.2. The lowest BCUT2D eigenvalue weighted by Crippen LogP contribution is -2.05. The highest BCUT2D eigenvalue weighted by atomic mass is 19.4. The number of benzene rings is 1. The van der Waals surface area contributed by atoms with Crippen molar-refractivity contribution < 1.29 is 26.4 Å².